The summed E-state index contributed by atoms with van der Waals surface area (Å²) in [6, 6.07) is 2.04. The Morgan fingerprint density at radius 2 is 1.65 bits per heavy atom. The van der Waals surface area contributed by atoms with Gasteiger partial charge in [-0.25, -0.2) is 4.39 Å². The van der Waals surface area contributed by atoms with Crippen molar-refractivity contribution < 1.29 is 40.6 Å². The number of hydrogen-bond acceptors (Lipinski definition) is 2. The van der Waals surface area contributed by atoms with Crippen LogP contribution in [0.15, 0.2) is 18.2 Å². The first-order chi connectivity index (χ1) is 11.9. The number of anilines is 1. The molecule has 3 rings (SSSR count). The molecule has 1 aliphatic heterocycles. The molecular weight excluding hydrogens is 371 g/mol. The third-order valence-corrected chi connectivity index (χ3v) is 5.30. The van der Waals surface area contributed by atoms with Crippen LogP contribution in [0.5, 0.6) is 0 Å². The van der Waals surface area contributed by atoms with Gasteiger partial charge < -0.3 is 10.4 Å². The molecule has 144 valence electrons. The normalized spacial score (nSPS) is 26.0. The Labute approximate surface area is 143 Å². The molecule has 3 nitrogen and oxygen atoms in total. The Balaban J connectivity index is 2.02. The zero-order chi connectivity index (χ0) is 19.5. The van der Waals surface area contributed by atoms with Crippen LogP contribution in [0.25, 0.3) is 0 Å². The molecule has 0 saturated heterocycles. The van der Waals surface area contributed by atoms with Crippen LogP contribution in [-0.2, 0) is 10.5 Å². The van der Waals surface area contributed by atoms with Gasteiger partial charge in [0.25, 0.3) is 0 Å². The van der Waals surface area contributed by atoms with Crippen LogP contribution in [0.2, 0.25) is 0 Å². The summed E-state index contributed by atoms with van der Waals surface area (Å²) in [6.45, 7) is 0.0927. The molecule has 0 spiro atoms. The van der Waals surface area contributed by atoms with Crippen LogP contribution >= 0.6 is 0 Å². The van der Waals surface area contributed by atoms with Gasteiger partial charge >= 0.3 is 24.0 Å². The summed E-state index contributed by atoms with van der Waals surface area (Å²) in [5.74, 6) is -2.24. The molecule has 3 atom stereocenters. The molecule has 1 aliphatic carbocycles. The van der Waals surface area contributed by atoms with E-state index >= 15 is 0 Å². The third kappa shape index (κ3) is 2.61. The highest BCUT2D eigenvalue weighted by Gasteiger charge is 2.73. The maximum Gasteiger partial charge on any atom is 0.435 e. The van der Waals surface area contributed by atoms with Crippen molar-refractivity contribution in [2.45, 2.75) is 36.8 Å². The lowest BCUT2D eigenvalue weighted by Gasteiger charge is -2.34. The zero-order valence-corrected chi connectivity index (χ0v) is 13.1. The first kappa shape index (κ1) is 18.8. The van der Waals surface area contributed by atoms with Crippen LogP contribution < -0.4 is 5.32 Å². The molecule has 10 heteroatoms. The second kappa shape index (κ2) is 5.75. The van der Waals surface area contributed by atoms with E-state index in [9.17, 15) is 40.6 Å². The van der Waals surface area contributed by atoms with Crippen LogP contribution in [0.1, 0.15) is 29.9 Å². The van der Waals surface area contributed by atoms with Gasteiger partial charge in [-0.15, -0.1) is 0 Å². The van der Waals surface area contributed by atoms with Gasteiger partial charge in [0.2, 0.25) is 0 Å². The fourth-order valence-electron chi connectivity index (χ4n) is 4.01. The summed E-state index contributed by atoms with van der Waals surface area (Å²) < 4.78 is 91.5. The van der Waals surface area contributed by atoms with E-state index in [1.54, 1.807) is 0 Å². The molecule has 1 aromatic carbocycles. The van der Waals surface area contributed by atoms with E-state index in [1.165, 1.54) is 0 Å². The number of hydrogen-bond donors (Lipinski definition) is 2. The maximum atomic E-state index is 14.2. The molecule has 0 amide bonds. The van der Waals surface area contributed by atoms with Gasteiger partial charge in [-0.05, 0) is 36.3 Å². The molecule has 0 radical (unpaired) electrons. The molecule has 1 heterocycles. The van der Waals surface area contributed by atoms with Crippen molar-refractivity contribution >= 4 is 11.7 Å². The Kier molecular flexibility index (Phi) is 4.15. The molecular formula is C16H14F7NO2. The lowest BCUT2D eigenvalue weighted by Crippen LogP contribution is -2.50. The number of fused-ring (bicyclic) bond motifs is 3. The van der Waals surface area contributed by atoms with Crippen molar-refractivity contribution in [3.05, 3.63) is 29.3 Å². The molecule has 0 bridgehead atoms. The summed E-state index contributed by atoms with van der Waals surface area (Å²) in [4.78, 5) is 11.2. The molecule has 1 saturated carbocycles. The molecule has 2 aliphatic rings. The Bertz CT molecular complexity index is 714. The largest absolute Gasteiger partial charge is 0.481 e. The second-order valence-electron chi connectivity index (χ2n) is 6.63. The predicted octanol–water partition coefficient (Wildman–Crippen LogP) is 4.60. The topological polar surface area (TPSA) is 49.3 Å². The van der Waals surface area contributed by atoms with Gasteiger partial charge in [-0.3, -0.25) is 4.79 Å². The monoisotopic (exact) mass is 385 g/mol. The second-order valence-corrected chi connectivity index (χ2v) is 6.63. The van der Waals surface area contributed by atoms with Gasteiger partial charge in [0.1, 0.15) is 0 Å². The third-order valence-electron chi connectivity index (χ3n) is 5.30. The van der Waals surface area contributed by atoms with E-state index in [-0.39, 0.29) is 24.1 Å². The van der Waals surface area contributed by atoms with Gasteiger partial charge in [0.05, 0.1) is 5.92 Å². The molecule has 1 aromatic rings. The van der Waals surface area contributed by atoms with Gasteiger partial charge in [0.15, 0.2) is 0 Å². The minimum Gasteiger partial charge on any atom is -0.481 e. The fraction of sp³-hybridized carbons (Fsp3) is 0.562. The fourth-order valence-corrected chi connectivity index (χ4v) is 4.01. The smallest absolute Gasteiger partial charge is 0.435 e. The van der Waals surface area contributed by atoms with E-state index in [0.29, 0.717) is 30.5 Å². The van der Waals surface area contributed by atoms with E-state index in [4.69, 9.17) is 0 Å². The van der Waals surface area contributed by atoms with Gasteiger partial charge in [-0.1, -0.05) is 12.1 Å². The Hall–Kier alpha value is -2.00. The average Bonchev–Trinajstić information content (AvgIpc) is 2.95. The van der Waals surface area contributed by atoms with Crippen molar-refractivity contribution in [2.75, 3.05) is 11.9 Å². The number of carboxylic acid groups (broad SMARTS) is 1. The maximum absolute atomic E-state index is 14.2. The summed E-state index contributed by atoms with van der Waals surface area (Å²) in [5.41, 5.74) is -6.63. The summed E-state index contributed by atoms with van der Waals surface area (Å²) >= 11 is 0. The first-order valence-electron chi connectivity index (χ1n) is 7.81. The number of carbonyl (C=O) groups is 1. The van der Waals surface area contributed by atoms with E-state index in [0.717, 1.165) is 6.07 Å². The van der Waals surface area contributed by atoms with E-state index in [1.807, 2.05) is 0 Å². The average molecular weight is 385 g/mol. The molecule has 26 heavy (non-hydrogen) atoms. The number of aliphatic carboxylic acids is 1. The number of halogens is 7. The number of carboxylic acids is 1. The SMILES string of the molecule is O=C(O)[C@@H]1CC[C@H]2c3ccc(C(F)(C(F)(F)F)C(F)(F)F)cc3NCC12. The summed E-state index contributed by atoms with van der Waals surface area (Å²) in [7, 11) is 0. The highest BCUT2D eigenvalue weighted by molar-refractivity contribution is 5.72. The van der Waals surface area contributed by atoms with Crippen LogP contribution in [0, 0.1) is 11.8 Å². The van der Waals surface area contributed by atoms with Crippen LogP contribution in [-0.4, -0.2) is 30.0 Å². The standard InChI is InChI=1S/C16H14F7NO2/c17-14(15(18,19)20,16(21,22)23)7-1-2-9-8-3-4-10(13(25)26)11(8)6-24-12(9)5-7/h1-2,5,8,10-11,24H,3-4,6H2,(H,25,26)/t8-,10+,11?/m0/s1. The van der Waals surface area contributed by atoms with Crippen LogP contribution in [0.3, 0.4) is 0 Å². The minimum absolute atomic E-state index is 0.0229. The zero-order valence-electron chi connectivity index (χ0n) is 13.1. The molecule has 0 aromatic heterocycles. The quantitative estimate of drug-likeness (QED) is 0.732. The van der Waals surface area contributed by atoms with E-state index < -0.39 is 35.5 Å². The lowest BCUT2D eigenvalue weighted by atomic mass is 9.80. The molecule has 1 unspecified atom stereocenters. The van der Waals surface area contributed by atoms with Crippen molar-refractivity contribution in [2.24, 2.45) is 11.8 Å². The number of nitrogens with one attached hydrogen (secondary N) is 1. The van der Waals surface area contributed by atoms with E-state index in [2.05, 4.69) is 5.32 Å². The van der Waals surface area contributed by atoms with Gasteiger partial charge in [0, 0.05) is 17.8 Å². The van der Waals surface area contributed by atoms with Crippen LogP contribution in [0.4, 0.5) is 36.4 Å². The Morgan fingerprint density at radius 3 is 2.19 bits per heavy atom. The molecule has 1 fully saturated rings. The highest BCUT2D eigenvalue weighted by atomic mass is 19.4. The van der Waals surface area contributed by atoms with Gasteiger partial charge in [-0.2, -0.15) is 26.3 Å². The van der Waals surface area contributed by atoms with Crippen molar-refractivity contribution in [3.8, 4) is 0 Å². The molecule has 2 N–H and O–H groups in total. The minimum atomic E-state index is -6.17. The van der Waals surface area contributed by atoms with Crippen molar-refractivity contribution in [3.63, 3.8) is 0 Å². The number of alkyl halides is 7. The lowest BCUT2D eigenvalue weighted by molar-refractivity contribution is -0.348. The predicted molar refractivity (Wildman–Crippen MR) is 76.4 cm³/mol. The highest BCUT2D eigenvalue weighted by Crippen LogP contribution is 2.55. The summed E-state index contributed by atoms with van der Waals surface area (Å²) in [5, 5.41) is 11.9. The number of benzene rings is 1. The number of rotatable bonds is 2. The Morgan fingerprint density at radius 1 is 1.04 bits per heavy atom. The first-order valence-corrected chi connectivity index (χ1v) is 7.81. The van der Waals surface area contributed by atoms with Crippen molar-refractivity contribution in [1.29, 1.82) is 0 Å². The summed E-state index contributed by atoms with van der Waals surface area (Å²) in [6.07, 6.45) is -11.5. The van der Waals surface area contributed by atoms with Crippen molar-refractivity contribution in [1.82, 2.24) is 0 Å².